The molecule has 0 fully saturated rings. The molecule has 1 N–H and O–H groups in total. The van der Waals surface area contributed by atoms with E-state index in [9.17, 15) is 9.90 Å². The molecule has 0 unspecified atom stereocenters. The van der Waals surface area contributed by atoms with Gasteiger partial charge in [-0.1, -0.05) is 23.2 Å². The first-order valence-corrected chi connectivity index (χ1v) is 6.22. The van der Waals surface area contributed by atoms with Crippen LogP contribution in [0, 0.1) is 0 Å². The lowest BCUT2D eigenvalue weighted by Crippen LogP contribution is -1.95. The number of nitrogens with zero attached hydrogens (tertiary/aromatic N) is 3. The quantitative estimate of drug-likeness (QED) is 0.668. The zero-order valence-corrected chi connectivity index (χ0v) is 11.5. The van der Waals surface area contributed by atoms with Crippen LogP contribution >= 0.6 is 23.2 Å². The molecule has 2 rings (SSSR count). The zero-order valence-electron chi connectivity index (χ0n) is 9.99. The van der Waals surface area contributed by atoms with E-state index in [1.165, 1.54) is 18.2 Å². The van der Waals surface area contributed by atoms with Crippen molar-refractivity contribution in [3.63, 3.8) is 0 Å². The molecule has 0 saturated carbocycles. The third-order valence-corrected chi connectivity index (χ3v) is 2.80. The van der Waals surface area contributed by atoms with E-state index in [4.69, 9.17) is 23.2 Å². The highest BCUT2D eigenvalue weighted by molar-refractivity contribution is 6.31. The number of hydrogen-bond donors (Lipinski definition) is 1. The Morgan fingerprint density at radius 3 is 2.40 bits per heavy atom. The van der Waals surface area contributed by atoms with Gasteiger partial charge in [-0.2, -0.15) is 0 Å². The number of phenolic OH excluding ortho intramolecular Hbond substituents is 1. The van der Waals surface area contributed by atoms with Crippen molar-refractivity contribution in [2.45, 2.75) is 0 Å². The number of amides is 1. The molecular formula is C13H8Cl2N3O2+. The van der Waals surface area contributed by atoms with Crippen molar-refractivity contribution in [2.24, 2.45) is 10.2 Å². The lowest BCUT2D eigenvalue weighted by atomic mass is 10.2. The number of rotatable bonds is 2. The first-order chi connectivity index (χ1) is 9.56. The van der Waals surface area contributed by atoms with Crippen LogP contribution in [-0.2, 0) is 0 Å². The lowest BCUT2D eigenvalue weighted by molar-refractivity contribution is 0.0990. The summed E-state index contributed by atoms with van der Waals surface area (Å²) in [5.74, 6) is -0.951. The average Bonchev–Trinajstić information content (AvgIpc) is 2.43. The summed E-state index contributed by atoms with van der Waals surface area (Å²) in [4.78, 5) is 15.1. The normalized spacial score (nSPS) is 9.70. The molecule has 0 spiro atoms. The SMILES string of the molecule is O=C(N=[N+]=Nc1ccc(Cl)cc1)c1cc(Cl)ccc1O. The van der Waals surface area contributed by atoms with Gasteiger partial charge in [0.2, 0.25) is 10.0 Å². The van der Waals surface area contributed by atoms with Gasteiger partial charge in [0, 0.05) is 10.0 Å². The van der Waals surface area contributed by atoms with Gasteiger partial charge in [0.1, 0.15) is 5.75 Å². The summed E-state index contributed by atoms with van der Waals surface area (Å²) in [5, 5.41) is 17.5. The summed E-state index contributed by atoms with van der Waals surface area (Å²) >= 11 is 11.5. The van der Waals surface area contributed by atoms with Gasteiger partial charge >= 0.3 is 5.91 Å². The van der Waals surface area contributed by atoms with Crippen molar-refractivity contribution in [1.29, 1.82) is 0 Å². The Bertz CT molecular complexity index is 708. The van der Waals surface area contributed by atoms with Crippen molar-refractivity contribution in [2.75, 3.05) is 0 Å². The third kappa shape index (κ3) is 3.65. The minimum Gasteiger partial charge on any atom is -0.507 e. The minimum atomic E-state index is -0.734. The zero-order chi connectivity index (χ0) is 14.5. The molecule has 1 amide bonds. The van der Waals surface area contributed by atoms with E-state index in [0.29, 0.717) is 15.7 Å². The van der Waals surface area contributed by atoms with Crippen molar-refractivity contribution in [3.05, 3.63) is 58.1 Å². The Morgan fingerprint density at radius 2 is 1.70 bits per heavy atom. The average molecular weight is 309 g/mol. The van der Waals surface area contributed by atoms with Gasteiger partial charge in [-0.05, 0) is 42.5 Å². The number of halogens is 2. The highest BCUT2D eigenvalue weighted by Crippen LogP contribution is 2.22. The fraction of sp³-hybridized carbons (Fsp3) is 0. The largest absolute Gasteiger partial charge is 0.507 e. The molecule has 0 saturated heterocycles. The van der Waals surface area contributed by atoms with Crippen molar-refractivity contribution in [3.8, 4) is 5.75 Å². The monoisotopic (exact) mass is 308 g/mol. The van der Waals surface area contributed by atoms with Crippen LogP contribution in [0.1, 0.15) is 10.4 Å². The van der Waals surface area contributed by atoms with Crippen LogP contribution in [-0.4, -0.2) is 11.0 Å². The molecule has 0 aliphatic carbocycles. The molecule has 5 nitrogen and oxygen atoms in total. The van der Waals surface area contributed by atoms with Gasteiger partial charge in [0.25, 0.3) is 0 Å². The molecule has 0 aromatic heterocycles. The maximum absolute atomic E-state index is 11.7. The summed E-state index contributed by atoms with van der Waals surface area (Å²) in [6.45, 7) is 0. The predicted molar refractivity (Wildman–Crippen MR) is 75.5 cm³/mol. The number of aromatic hydroxyl groups is 1. The highest BCUT2D eigenvalue weighted by Gasteiger charge is 2.15. The van der Waals surface area contributed by atoms with Crippen LogP contribution in [0.5, 0.6) is 5.75 Å². The smallest absolute Gasteiger partial charge is 0.364 e. The summed E-state index contributed by atoms with van der Waals surface area (Å²) in [5.41, 5.74) is 0.467. The molecule has 7 heteroatoms. The lowest BCUT2D eigenvalue weighted by Gasteiger charge is -1.96. The van der Waals surface area contributed by atoms with Crippen LogP contribution in [0.3, 0.4) is 0 Å². The van der Waals surface area contributed by atoms with E-state index in [0.717, 1.165) is 0 Å². The van der Waals surface area contributed by atoms with E-state index >= 15 is 0 Å². The van der Waals surface area contributed by atoms with Gasteiger partial charge in [-0.25, -0.2) is 0 Å². The van der Waals surface area contributed by atoms with Gasteiger partial charge in [-0.15, -0.1) is 0 Å². The number of carbonyl (C=O) groups excluding carboxylic acids is 1. The first-order valence-electron chi connectivity index (χ1n) is 5.46. The van der Waals surface area contributed by atoms with Crippen molar-refractivity contribution in [1.82, 2.24) is 4.91 Å². The van der Waals surface area contributed by atoms with Crippen molar-refractivity contribution < 1.29 is 9.90 Å². The number of phenols is 1. The Kier molecular flexibility index (Phi) is 4.48. The summed E-state index contributed by atoms with van der Waals surface area (Å²) in [6.07, 6.45) is 0. The molecule has 0 aliphatic rings. The van der Waals surface area contributed by atoms with Crippen LogP contribution in [0.25, 0.3) is 0 Å². The van der Waals surface area contributed by atoms with Gasteiger partial charge in [0.15, 0.2) is 10.8 Å². The molecule has 20 heavy (non-hydrogen) atoms. The second-order valence-corrected chi connectivity index (χ2v) is 4.61. The summed E-state index contributed by atoms with van der Waals surface area (Å²) in [7, 11) is 0. The topological polar surface area (TPSA) is 76.1 Å². The van der Waals surface area contributed by atoms with E-state index in [1.807, 2.05) is 0 Å². The Labute approximate surface area is 124 Å². The van der Waals surface area contributed by atoms with Gasteiger partial charge in [0.05, 0.1) is 5.56 Å². The molecule has 0 atom stereocenters. The van der Waals surface area contributed by atoms with Crippen LogP contribution in [0.2, 0.25) is 10.0 Å². The van der Waals surface area contributed by atoms with Crippen LogP contribution in [0.4, 0.5) is 5.69 Å². The molecule has 2 aromatic carbocycles. The van der Waals surface area contributed by atoms with E-state index in [-0.39, 0.29) is 11.3 Å². The summed E-state index contributed by atoms with van der Waals surface area (Å²) in [6, 6.07) is 10.6. The highest BCUT2D eigenvalue weighted by atomic mass is 35.5. The molecular weight excluding hydrogens is 301 g/mol. The fourth-order valence-corrected chi connectivity index (χ4v) is 1.65. The molecule has 0 bridgehead atoms. The molecule has 0 heterocycles. The predicted octanol–water partition coefficient (Wildman–Crippen LogP) is 4.14. The van der Waals surface area contributed by atoms with Crippen LogP contribution in [0.15, 0.2) is 52.7 Å². The molecule has 0 radical (unpaired) electrons. The Balaban J connectivity index is 2.20. The second-order valence-electron chi connectivity index (χ2n) is 3.73. The second kappa shape index (κ2) is 6.30. The Hall–Kier alpha value is -2.20. The number of carbonyl (C=O) groups is 1. The molecule has 0 aliphatic heterocycles. The molecule has 2 aromatic rings. The maximum atomic E-state index is 11.7. The third-order valence-electron chi connectivity index (χ3n) is 2.31. The van der Waals surface area contributed by atoms with Crippen molar-refractivity contribution >= 4 is 34.8 Å². The number of hydrogen-bond acceptors (Lipinski definition) is 3. The first kappa shape index (κ1) is 14.2. The Morgan fingerprint density at radius 1 is 1.05 bits per heavy atom. The van der Waals surface area contributed by atoms with E-state index in [2.05, 4.69) is 15.1 Å². The summed E-state index contributed by atoms with van der Waals surface area (Å²) < 4.78 is 0. The van der Waals surface area contributed by atoms with Crippen LogP contribution < -0.4 is 4.91 Å². The maximum Gasteiger partial charge on any atom is 0.364 e. The minimum absolute atomic E-state index is 0.0347. The fourth-order valence-electron chi connectivity index (χ4n) is 1.36. The van der Waals surface area contributed by atoms with Gasteiger partial charge < -0.3 is 5.11 Å². The number of benzene rings is 2. The van der Waals surface area contributed by atoms with E-state index in [1.54, 1.807) is 24.3 Å². The standard InChI is InChI=1S/C13H7Cl2N3O2/c14-8-1-4-10(5-2-8)16-18-17-13(20)11-7-9(15)3-6-12(11)19/h1-7H/p+1. The van der Waals surface area contributed by atoms with E-state index < -0.39 is 5.91 Å². The van der Waals surface area contributed by atoms with Gasteiger partial charge in [-0.3, -0.25) is 4.79 Å². The molecule has 100 valence electrons.